The molecule has 2 N–H and O–H groups in total. The highest BCUT2D eigenvalue weighted by molar-refractivity contribution is 5.98. The number of carbonyl (C=O) groups is 1. The lowest BCUT2D eigenvalue weighted by atomic mass is 9.91. The molecule has 0 saturated heterocycles. The Kier molecular flexibility index (Phi) is 4.11. The Morgan fingerprint density at radius 1 is 1.23 bits per heavy atom. The molecule has 0 bridgehead atoms. The molecule has 1 unspecified atom stereocenters. The summed E-state index contributed by atoms with van der Waals surface area (Å²) in [6.07, 6.45) is 0.679. The summed E-state index contributed by atoms with van der Waals surface area (Å²) in [4.78, 5) is 14.6. The fourth-order valence-corrected chi connectivity index (χ4v) is 2.98. The molecule has 1 amide bonds. The largest absolute Gasteiger partial charge is 0.399 e. The third-order valence-corrected chi connectivity index (χ3v) is 4.03. The molecular weight excluding hydrogens is 276 g/mol. The zero-order chi connectivity index (χ0) is 15.5. The molecule has 4 heteroatoms. The van der Waals surface area contributed by atoms with Crippen molar-refractivity contribution in [2.75, 3.05) is 24.4 Å². The molecule has 0 fully saturated rings. The van der Waals surface area contributed by atoms with E-state index in [0.29, 0.717) is 19.6 Å². The normalized spacial score (nSPS) is 17.4. The highest BCUT2D eigenvalue weighted by Crippen LogP contribution is 2.33. The van der Waals surface area contributed by atoms with Crippen LogP contribution in [0.4, 0.5) is 11.4 Å². The second kappa shape index (κ2) is 6.20. The van der Waals surface area contributed by atoms with Crippen molar-refractivity contribution >= 4 is 17.3 Å². The van der Waals surface area contributed by atoms with Gasteiger partial charge >= 0.3 is 0 Å². The number of ether oxygens (including phenoxy) is 1. The number of nitrogens with two attached hydrogens (primary N) is 1. The quantitative estimate of drug-likeness (QED) is 0.882. The van der Waals surface area contributed by atoms with Crippen LogP contribution in [0.1, 0.15) is 11.1 Å². The predicted molar refractivity (Wildman–Crippen MR) is 87.6 cm³/mol. The van der Waals surface area contributed by atoms with Crippen LogP contribution >= 0.6 is 0 Å². The van der Waals surface area contributed by atoms with Crippen molar-refractivity contribution in [3.63, 3.8) is 0 Å². The van der Waals surface area contributed by atoms with E-state index in [9.17, 15) is 4.79 Å². The van der Waals surface area contributed by atoms with Gasteiger partial charge < -0.3 is 15.4 Å². The van der Waals surface area contributed by atoms with Crippen molar-refractivity contribution in [2.24, 2.45) is 5.92 Å². The maximum Gasteiger partial charge on any atom is 0.233 e. The molecule has 0 radical (unpaired) electrons. The van der Waals surface area contributed by atoms with Gasteiger partial charge in [-0.25, -0.2) is 0 Å². The lowest BCUT2D eigenvalue weighted by molar-refractivity contribution is -0.124. The molecule has 114 valence electrons. The Bertz CT molecular complexity index is 670. The number of carbonyl (C=O) groups excluding carboxylic acids is 1. The van der Waals surface area contributed by atoms with Crippen molar-refractivity contribution in [3.8, 4) is 0 Å². The average Bonchev–Trinajstić information content (AvgIpc) is 2.52. The maximum absolute atomic E-state index is 12.8. The summed E-state index contributed by atoms with van der Waals surface area (Å²) < 4.78 is 5.22. The SMILES string of the molecule is COCC1Cc2cc(N)ccc2N(Cc2ccccc2)C1=O. The maximum atomic E-state index is 12.8. The van der Waals surface area contributed by atoms with E-state index < -0.39 is 0 Å². The van der Waals surface area contributed by atoms with Gasteiger partial charge in [0.1, 0.15) is 0 Å². The molecule has 0 aromatic heterocycles. The summed E-state index contributed by atoms with van der Waals surface area (Å²) in [5.41, 5.74) is 9.80. The molecule has 1 atom stereocenters. The second-order valence-corrected chi connectivity index (χ2v) is 5.65. The summed E-state index contributed by atoms with van der Waals surface area (Å²) in [6.45, 7) is 0.995. The zero-order valence-electron chi connectivity index (χ0n) is 12.7. The molecule has 0 aliphatic carbocycles. The van der Waals surface area contributed by atoms with Crippen LogP contribution in [0.5, 0.6) is 0 Å². The topological polar surface area (TPSA) is 55.6 Å². The van der Waals surface area contributed by atoms with Crippen molar-refractivity contribution in [3.05, 3.63) is 59.7 Å². The summed E-state index contributed by atoms with van der Waals surface area (Å²) in [7, 11) is 1.63. The van der Waals surface area contributed by atoms with Crippen LogP contribution in [-0.2, 0) is 22.5 Å². The molecule has 1 aliphatic rings. The van der Waals surface area contributed by atoms with E-state index in [2.05, 4.69) is 0 Å². The smallest absolute Gasteiger partial charge is 0.233 e. The number of methoxy groups -OCH3 is 1. The first-order chi connectivity index (χ1) is 10.7. The second-order valence-electron chi connectivity index (χ2n) is 5.65. The summed E-state index contributed by atoms with van der Waals surface area (Å²) in [5.74, 6) is -0.0361. The van der Waals surface area contributed by atoms with Gasteiger partial charge in [0.25, 0.3) is 0 Å². The van der Waals surface area contributed by atoms with E-state index in [-0.39, 0.29) is 11.8 Å². The van der Waals surface area contributed by atoms with Gasteiger partial charge in [0, 0.05) is 18.5 Å². The first kappa shape index (κ1) is 14.6. The lowest BCUT2D eigenvalue weighted by Crippen LogP contribution is -2.42. The first-order valence-electron chi connectivity index (χ1n) is 7.41. The molecule has 3 rings (SSSR count). The number of benzene rings is 2. The fourth-order valence-electron chi connectivity index (χ4n) is 2.98. The van der Waals surface area contributed by atoms with E-state index in [1.165, 1.54) is 0 Å². The van der Waals surface area contributed by atoms with E-state index in [1.807, 2.05) is 53.4 Å². The number of amides is 1. The van der Waals surface area contributed by atoms with Crippen LogP contribution in [0.3, 0.4) is 0 Å². The minimum Gasteiger partial charge on any atom is -0.399 e. The van der Waals surface area contributed by atoms with Crippen LogP contribution in [-0.4, -0.2) is 19.6 Å². The van der Waals surface area contributed by atoms with Gasteiger partial charge in [-0.2, -0.15) is 0 Å². The minimum atomic E-state index is -0.150. The number of rotatable bonds is 4. The highest BCUT2D eigenvalue weighted by Gasteiger charge is 2.32. The van der Waals surface area contributed by atoms with Crippen molar-refractivity contribution in [1.29, 1.82) is 0 Å². The molecule has 4 nitrogen and oxygen atoms in total. The lowest BCUT2D eigenvalue weighted by Gasteiger charge is -2.34. The molecule has 22 heavy (non-hydrogen) atoms. The van der Waals surface area contributed by atoms with E-state index >= 15 is 0 Å². The average molecular weight is 296 g/mol. The number of nitrogen functional groups attached to an aromatic ring is 1. The van der Waals surface area contributed by atoms with Crippen molar-refractivity contribution < 1.29 is 9.53 Å². The molecule has 2 aromatic carbocycles. The standard InChI is InChI=1S/C18H20N2O2/c1-22-12-15-9-14-10-16(19)7-8-17(14)20(18(15)21)11-13-5-3-2-4-6-13/h2-8,10,15H,9,11-12,19H2,1H3. The van der Waals surface area contributed by atoms with Gasteiger partial charge in [0.15, 0.2) is 0 Å². The molecule has 2 aromatic rings. The van der Waals surface area contributed by atoms with Crippen LogP contribution in [0.15, 0.2) is 48.5 Å². The van der Waals surface area contributed by atoms with Gasteiger partial charge in [-0.1, -0.05) is 30.3 Å². The number of anilines is 2. The summed E-state index contributed by atoms with van der Waals surface area (Å²) in [6, 6.07) is 15.8. The molecule has 1 heterocycles. The zero-order valence-corrected chi connectivity index (χ0v) is 12.7. The number of hydrogen-bond donors (Lipinski definition) is 1. The number of fused-ring (bicyclic) bond motifs is 1. The molecular formula is C18H20N2O2. The van der Waals surface area contributed by atoms with Crippen LogP contribution < -0.4 is 10.6 Å². The molecule has 0 saturated carbocycles. The Morgan fingerprint density at radius 2 is 2.00 bits per heavy atom. The van der Waals surface area contributed by atoms with Gasteiger partial charge in [-0.05, 0) is 35.7 Å². The first-order valence-corrected chi connectivity index (χ1v) is 7.41. The monoisotopic (exact) mass is 296 g/mol. The number of hydrogen-bond acceptors (Lipinski definition) is 3. The Balaban J connectivity index is 1.97. The fraction of sp³-hybridized carbons (Fsp3) is 0.278. The molecule has 1 aliphatic heterocycles. The minimum absolute atomic E-state index is 0.114. The Labute approximate surface area is 130 Å². The van der Waals surface area contributed by atoms with Gasteiger partial charge in [-0.3, -0.25) is 4.79 Å². The van der Waals surface area contributed by atoms with Gasteiger partial charge in [0.2, 0.25) is 5.91 Å². The van der Waals surface area contributed by atoms with Crippen molar-refractivity contribution in [1.82, 2.24) is 0 Å². The molecule has 0 spiro atoms. The summed E-state index contributed by atoms with van der Waals surface area (Å²) in [5, 5.41) is 0. The van der Waals surface area contributed by atoms with Gasteiger partial charge in [0.05, 0.1) is 19.1 Å². The van der Waals surface area contributed by atoms with E-state index in [1.54, 1.807) is 7.11 Å². The Morgan fingerprint density at radius 3 is 2.73 bits per heavy atom. The van der Waals surface area contributed by atoms with Crippen LogP contribution in [0.25, 0.3) is 0 Å². The highest BCUT2D eigenvalue weighted by atomic mass is 16.5. The van der Waals surface area contributed by atoms with Crippen LogP contribution in [0, 0.1) is 5.92 Å². The van der Waals surface area contributed by atoms with Gasteiger partial charge in [-0.15, -0.1) is 0 Å². The van der Waals surface area contributed by atoms with Crippen molar-refractivity contribution in [2.45, 2.75) is 13.0 Å². The summed E-state index contributed by atoms with van der Waals surface area (Å²) >= 11 is 0. The van der Waals surface area contributed by atoms with E-state index in [4.69, 9.17) is 10.5 Å². The predicted octanol–water partition coefficient (Wildman–Crippen LogP) is 2.62. The third kappa shape index (κ3) is 2.83. The van der Waals surface area contributed by atoms with Crippen LogP contribution in [0.2, 0.25) is 0 Å². The Hall–Kier alpha value is -2.33. The number of nitrogens with zero attached hydrogens (tertiary/aromatic N) is 1. The third-order valence-electron chi connectivity index (χ3n) is 4.03. The van der Waals surface area contributed by atoms with E-state index in [0.717, 1.165) is 22.5 Å².